The van der Waals surface area contributed by atoms with Crippen molar-refractivity contribution >= 4 is 18.3 Å². The number of carbonyl (C=O) groups excluding carboxylic acids is 1. The van der Waals surface area contributed by atoms with E-state index in [9.17, 15) is 9.18 Å². The van der Waals surface area contributed by atoms with Gasteiger partial charge in [-0.05, 0) is 0 Å². The minimum Gasteiger partial charge on any atom is -0.338 e. The maximum absolute atomic E-state index is 12.6. The molecule has 0 aromatic rings. The van der Waals surface area contributed by atoms with Crippen molar-refractivity contribution in [3.8, 4) is 0 Å². The number of amides is 1. The lowest BCUT2D eigenvalue weighted by molar-refractivity contribution is -0.128. The van der Waals surface area contributed by atoms with E-state index in [4.69, 9.17) is 5.73 Å². The molecule has 1 heterocycles. The summed E-state index contributed by atoms with van der Waals surface area (Å²) >= 11 is 0. The Balaban J connectivity index is 0.000001000. The maximum atomic E-state index is 12.6. The lowest BCUT2D eigenvalue weighted by atomic mass is 10.3. The van der Waals surface area contributed by atoms with E-state index in [-0.39, 0.29) is 24.9 Å². The van der Waals surface area contributed by atoms with E-state index >= 15 is 0 Å². The second kappa shape index (κ2) is 3.88. The summed E-state index contributed by atoms with van der Waals surface area (Å²) in [6.45, 7) is 1.94. The maximum Gasteiger partial charge on any atom is 0.219 e. The third kappa shape index (κ3) is 2.31. The number of alkyl halides is 1. The predicted octanol–water partition coefficient (Wildman–Crippen LogP) is -0.0643. The lowest BCUT2D eigenvalue weighted by Crippen LogP contribution is -2.31. The third-order valence-electron chi connectivity index (χ3n) is 1.74. The van der Waals surface area contributed by atoms with Gasteiger partial charge in [0.2, 0.25) is 5.91 Å². The molecular weight excluding hydrogens is 171 g/mol. The minimum absolute atomic E-state index is 0. The summed E-state index contributed by atoms with van der Waals surface area (Å²) in [4.78, 5) is 12.1. The van der Waals surface area contributed by atoms with Crippen molar-refractivity contribution in [3.63, 3.8) is 0 Å². The van der Waals surface area contributed by atoms with Crippen LogP contribution in [0.5, 0.6) is 0 Å². The first-order valence-corrected chi connectivity index (χ1v) is 3.26. The van der Waals surface area contributed by atoms with Gasteiger partial charge in [0.1, 0.15) is 6.17 Å². The standard InChI is InChI=1S/C6H11FN2O.ClH/c1-4(10)9-2-5(7)6(8)3-9;/h5-6H,2-3,8H2,1H3;1H. The fourth-order valence-corrected chi connectivity index (χ4v) is 1.05. The fraction of sp³-hybridized carbons (Fsp3) is 0.833. The van der Waals surface area contributed by atoms with Crippen LogP contribution in [0.4, 0.5) is 4.39 Å². The van der Waals surface area contributed by atoms with Gasteiger partial charge in [0, 0.05) is 13.5 Å². The molecule has 5 heteroatoms. The molecule has 1 amide bonds. The molecule has 0 spiro atoms. The Kier molecular flexibility index (Phi) is 3.75. The Bertz CT molecular complexity index is 146. The molecule has 66 valence electrons. The largest absolute Gasteiger partial charge is 0.338 e. The lowest BCUT2D eigenvalue weighted by Gasteiger charge is -2.10. The first-order chi connectivity index (χ1) is 4.61. The normalized spacial score (nSPS) is 29.9. The average Bonchev–Trinajstić information content (AvgIpc) is 2.13. The van der Waals surface area contributed by atoms with Gasteiger partial charge in [-0.25, -0.2) is 4.39 Å². The van der Waals surface area contributed by atoms with Gasteiger partial charge >= 0.3 is 0 Å². The highest BCUT2D eigenvalue weighted by molar-refractivity contribution is 5.85. The Morgan fingerprint density at radius 3 is 2.36 bits per heavy atom. The van der Waals surface area contributed by atoms with Crippen molar-refractivity contribution in [1.29, 1.82) is 0 Å². The van der Waals surface area contributed by atoms with Gasteiger partial charge in [0.05, 0.1) is 12.6 Å². The van der Waals surface area contributed by atoms with Crippen molar-refractivity contribution in [2.45, 2.75) is 19.1 Å². The second-order valence-corrected chi connectivity index (χ2v) is 2.60. The molecule has 0 aliphatic carbocycles. The van der Waals surface area contributed by atoms with E-state index < -0.39 is 12.2 Å². The number of carbonyl (C=O) groups is 1. The Labute approximate surface area is 71.1 Å². The van der Waals surface area contributed by atoms with E-state index in [1.807, 2.05) is 0 Å². The summed E-state index contributed by atoms with van der Waals surface area (Å²) < 4.78 is 12.6. The van der Waals surface area contributed by atoms with Crippen LogP contribution in [0, 0.1) is 0 Å². The van der Waals surface area contributed by atoms with Crippen molar-refractivity contribution in [2.75, 3.05) is 13.1 Å². The van der Waals surface area contributed by atoms with Gasteiger partial charge in [0.25, 0.3) is 0 Å². The summed E-state index contributed by atoms with van der Waals surface area (Å²) in [5.74, 6) is -0.101. The van der Waals surface area contributed by atoms with Gasteiger partial charge in [-0.15, -0.1) is 12.4 Å². The molecule has 2 atom stereocenters. The molecule has 0 radical (unpaired) electrons. The topological polar surface area (TPSA) is 46.3 Å². The SMILES string of the molecule is CC(=O)N1CC(N)C(F)C1.Cl. The number of halogens is 2. The molecule has 0 aromatic carbocycles. The summed E-state index contributed by atoms with van der Waals surface area (Å²) in [5, 5.41) is 0. The van der Waals surface area contributed by atoms with E-state index in [0.717, 1.165) is 0 Å². The Hall–Kier alpha value is -0.350. The summed E-state index contributed by atoms with van der Waals surface area (Å²) in [6, 6.07) is -0.483. The molecule has 0 aromatic heterocycles. The van der Waals surface area contributed by atoms with Crippen LogP contribution in [0.25, 0.3) is 0 Å². The quantitative estimate of drug-likeness (QED) is 0.571. The molecule has 2 unspecified atom stereocenters. The van der Waals surface area contributed by atoms with Crippen LogP contribution in [0.2, 0.25) is 0 Å². The van der Waals surface area contributed by atoms with Crippen molar-refractivity contribution in [2.24, 2.45) is 5.73 Å². The Morgan fingerprint density at radius 2 is 2.18 bits per heavy atom. The van der Waals surface area contributed by atoms with E-state index in [2.05, 4.69) is 0 Å². The van der Waals surface area contributed by atoms with Crippen LogP contribution in [-0.4, -0.2) is 36.1 Å². The smallest absolute Gasteiger partial charge is 0.219 e. The van der Waals surface area contributed by atoms with Crippen molar-refractivity contribution in [1.82, 2.24) is 4.90 Å². The number of hydrogen-bond acceptors (Lipinski definition) is 2. The highest BCUT2D eigenvalue weighted by Gasteiger charge is 2.30. The molecule has 0 bridgehead atoms. The van der Waals surface area contributed by atoms with Crippen molar-refractivity contribution in [3.05, 3.63) is 0 Å². The third-order valence-corrected chi connectivity index (χ3v) is 1.74. The summed E-state index contributed by atoms with van der Waals surface area (Å²) in [7, 11) is 0. The van der Waals surface area contributed by atoms with Gasteiger partial charge in [0.15, 0.2) is 0 Å². The first kappa shape index (κ1) is 10.7. The zero-order valence-electron chi connectivity index (χ0n) is 6.29. The molecule has 2 N–H and O–H groups in total. The molecule has 0 saturated carbocycles. The van der Waals surface area contributed by atoms with Crippen molar-refractivity contribution < 1.29 is 9.18 Å². The van der Waals surface area contributed by atoms with Crippen LogP contribution >= 0.6 is 12.4 Å². The van der Waals surface area contributed by atoms with Crippen LogP contribution < -0.4 is 5.73 Å². The highest BCUT2D eigenvalue weighted by Crippen LogP contribution is 2.10. The molecular formula is C6H12ClFN2O. The zero-order chi connectivity index (χ0) is 7.72. The number of rotatable bonds is 0. The predicted molar refractivity (Wildman–Crippen MR) is 42.4 cm³/mol. The van der Waals surface area contributed by atoms with E-state index in [1.165, 1.54) is 11.8 Å². The number of likely N-dealkylation sites (tertiary alicyclic amines) is 1. The number of nitrogens with zero attached hydrogens (tertiary/aromatic N) is 1. The van der Waals surface area contributed by atoms with Gasteiger partial charge < -0.3 is 10.6 Å². The van der Waals surface area contributed by atoms with Crippen LogP contribution in [0.1, 0.15) is 6.92 Å². The molecule has 1 fully saturated rings. The van der Waals surface area contributed by atoms with E-state index in [0.29, 0.717) is 6.54 Å². The fourth-order valence-electron chi connectivity index (χ4n) is 1.05. The molecule has 3 nitrogen and oxygen atoms in total. The van der Waals surface area contributed by atoms with Gasteiger partial charge in [-0.3, -0.25) is 4.79 Å². The van der Waals surface area contributed by atoms with E-state index in [1.54, 1.807) is 0 Å². The molecule has 1 rings (SSSR count). The van der Waals surface area contributed by atoms with Crippen LogP contribution in [0.15, 0.2) is 0 Å². The molecule has 11 heavy (non-hydrogen) atoms. The first-order valence-electron chi connectivity index (χ1n) is 3.26. The molecule has 1 saturated heterocycles. The highest BCUT2D eigenvalue weighted by atomic mass is 35.5. The van der Waals surface area contributed by atoms with Crippen LogP contribution in [0.3, 0.4) is 0 Å². The monoisotopic (exact) mass is 182 g/mol. The minimum atomic E-state index is -1.04. The van der Waals surface area contributed by atoms with Gasteiger partial charge in [-0.2, -0.15) is 0 Å². The number of hydrogen-bond donors (Lipinski definition) is 1. The molecule has 1 aliphatic heterocycles. The average molecular weight is 183 g/mol. The van der Waals surface area contributed by atoms with Crippen LogP contribution in [-0.2, 0) is 4.79 Å². The second-order valence-electron chi connectivity index (χ2n) is 2.60. The summed E-state index contributed by atoms with van der Waals surface area (Å²) in [5.41, 5.74) is 5.34. The van der Waals surface area contributed by atoms with Gasteiger partial charge in [-0.1, -0.05) is 0 Å². The number of nitrogens with two attached hydrogens (primary N) is 1. The summed E-state index contributed by atoms with van der Waals surface area (Å²) in [6.07, 6.45) is -1.04. The zero-order valence-corrected chi connectivity index (χ0v) is 7.10. The Morgan fingerprint density at radius 1 is 1.64 bits per heavy atom. The molecule has 1 aliphatic rings.